The van der Waals surface area contributed by atoms with Gasteiger partial charge in [-0.1, -0.05) is 25.5 Å². The Bertz CT molecular complexity index is 498. The van der Waals surface area contributed by atoms with E-state index >= 15 is 0 Å². The van der Waals surface area contributed by atoms with Crippen LogP contribution >= 0.6 is 10.7 Å². The Labute approximate surface area is 111 Å². The van der Waals surface area contributed by atoms with E-state index in [0.717, 1.165) is 24.8 Å². The average molecular weight is 292 g/mol. The summed E-state index contributed by atoms with van der Waals surface area (Å²) in [5, 5.41) is 0. The van der Waals surface area contributed by atoms with E-state index in [0.29, 0.717) is 0 Å². The van der Waals surface area contributed by atoms with E-state index in [1.807, 2.05) is 12.1 Å². The molecule has 0 bridgehead atoms. The summed E-state index contributed by atoms with van der Waals surface area (Å²) < 4.78 is 27.3. The van der Waals surface area contributed by atoms with Crippen LogP contribution in [0.4, 0.5) is 4.79 Å². The summed E-state index contributed by atoms with van der Waals surface area (Å²) in [5.74, 6) is 0.257. The van der Waals surface area contributed by atoms with Gasteiger partial charge < -0.3 is 4.74 Å². The maximum atomic E-state index is 11.1. The Balaban J connectivity index is 2.55. The number of unbranched alkanes of at least 4 members (excludes halogenated alkanes) is 1. The molecule has 0 spiro atoms. The molecule has 0 fully saturated rings. The Morgan fingerprint density at radius 2 is 1.94 bits per heavy atom. The molecule has 0 aliphatic carbocycles. The van der Waals surface area contributed by atoms with Crippen molar-refractivity contribution < 1.29 is 17.9 Å². The molecule has 18 heavy (non-hydrogen) atoms. The largest absolute Gasteiger partial charge is 0.427 e. The molecule has 0 unspecified atom stereocenters. The number of nitrogens with one attached hydrogen (secondary N) is 1. The van der Waals surface area contributed by atoms with Crippen LogP contribution in [0.1, 0.15) is 25.3 Å². The maximum Gasteiger partial charge on any atom is 0.427 e. The predicted octanol–water partition coefficient (Wildman–Crippen LogP) is 2.60. The van der Waals surface area contributed by atoms with Crippen LogP contribution in [0.5, 0.6) is 5.75 Å². The van der Waals surface area contributed by atoms with Crippen LogP contribution in [0.2, 0.25) is 0 Å². The zero-order valence-electron chi connectivity index (χ0n) is 9.85. The fourth-order valence-corrected chi connectivity index (χ4v) is 1.76. The molecule has 0 heterocycles. The molecular weight excluding hydrogens is 278 g/mol. The Morgan fingerprint density at radius 3 is 2.44 bits per heavy atom. The van der Waals surface area contributed by atoms with Crippen molar-refractivity contribution in [1.82, 2.24) is 4.72 Å². The third kappa shape index (κ3) is 5.88. The van der Waals surface area contributed by atoms with Gasteiger partial charge in [0.25, 0.3) is 0 Å². The number of hydrogen-bond acceptors (Lipinski definition) is 4. The monoisotopic (exact) mass is 291 g/mol. The SMILES string of the molecule is CCCCc1ccc(OC(=O)NS(=O)(=O)Cl)cc1. The molecule has 1 N–H and O–H groups in total. The molecule has 0 aliphatic heterocycles. The van der Waals surface area contributed by atoms with Crippen molar-refractivity contribution in [3.8, 4) is 5.75 Å². The topological polar surface area (TPSA) is 72.5 Å². The normalized spacial score (nSPS) is 11.0. The fraction of sp³-hybridized carbons (Fsp3) is 0.364. The molecule has 1 aromatic carbocycles. The lowest BCUT2D eigenvalue weighted by atomic mass is 10.1. The molecule has 0 aromatic heterocycles. The van der Waals surface area contributed by atoms with Gasteiger partial charge in [-0.05, 0) is 30.5 Å². The lowest BCUT2D eigenvalue weighted by molar-refractivity contribution is 0.207. The van der Waals surface area contributed by atoms with Gasteiger partial charge in [0.2, 0.25) is 0 Å². The molecule has 0 aliphatic rings. The third-order valence-corrected chi connectivity index (χ3v) is 2.80. The van der Waals surface area contributed by atoms with Crippen molar-refractivity contribution in [3.05, 3.63) is 29.8 Å². The minimum absolute atomic E-state index is 0.257. The van der Waals surface area contributed by atoms with E-state index < -0.39 is 15.3 Å². The number of benzene rings is 1. The number of ether oxygens (including phenoxy) is 1. The number of aryl methyl sites for hydroxylation is 1. The molecule has 0 saturated heterocycles. The summed E-state index contributed by atoms with van der Waals surface area (Å²) in [6.07, 6.45) is 2.02. The van der Waals surface area contributed by atoms with Crippen LogP contribution in [0.15, 0.2) is 24.3 Å². The Hall–Kier alpha value is -1.27. The smallest absolute Gasteiger partial charge is 0.410 e. The van der Waals surface area contributed by atoms with Crippen molar-refractivity contribution in [2.24, 2.45) is 0 Å². The molecule has 0 atom stereocenters. The maximum absolute atomic E-state index is 11.1. The van der Waals surface area contributed by atoms with Crippen LogP contribution < -0.4 is 9.46 Å². The second kappa shape index (κ2) is 6.61. The van der Waals surface area contributed by atoms with E-state index in [2.05, 4.69) is 6.92 Å². The minimum Gasteiger partial charge on any atom is -0.410 e. The Morgan fingerprint density at radius 1 is 1.33 bits per heavy atom. The molecular formula is C11H14ClNO4S. The van der Waals surface area contributed by atoms with Crippen molar-refractivity contribution >= 4 is 26.0 Å². The molecule has 0 saturated carbocycles. The van der Waals surface area contributed by atoms with Crippen molar-refractivity contribution in [2.75, 3.05) is 0 Å². The van der Waals surface area contributed by atoms with Gasteiger partial charge in [-0.15, -0.1) is 0 Å². The van der Waals surface area contributed by atoms with Crippen molar-refractivity contribution in [1.29, 1.82) is 0 Å². The first-order valence-corrected chi connectivity index (χ1v) is 7.75. The number of carbonyl (C=O) groups excluding carboxylic acids is 1. The average Bonchev–Trinajstić information content (AvgIpc) is 2.25. The summed E-state index contributed by atoms with van der Waals surface area (Å²) in [6, 6.07) is 6.86. The molecule has 5 nitrogen and oxygen atoms in total. The van der Waals surface area contributed by atoms with E-state index in [4.69, 9.17) is 15.4 Å². The highest BCUT2D eigenvalue weighted by molar-refractivity contribution is 8.12. The van der Waals surface area contributed by atoms with Crippen LogP contribution in [0.3, 0.4) is 0 Å². The molecule has 1 amide bonds. The predicted molar refractivity (Wildman–Crippen MR) is 69.0 cm³/mol. The highest BCUT2D eigenvalue weighted by Gasteiger charge is 2.12. The molecule has 0 radical (unpaired) electrons. The first kappa shape index (κ1) is 14.8. The summed E-state index contributed by atoms with van der Waals surface area (Å²) in [7, 11) is 0.721. The quantitative estimate of drug-likeness (QED) is 0.846. The van der Waals surface area contributed by atoms with Crippen LogP contribution in [0.25, 0.3) is 0 Å². The fourth-order valence-electron chi connectivity index (χ4n) is 1.33. The van der Waals surface area contributed by atoms with Crippen molar-refractivity contribution in [2.45, 2.75) is 26.2 Å². The standard InChI is InChI=1S/C11H14ClNO4S/c1-2-3-4-9-5-7-10(8-6-9)17-11(14)13-18(12,15)16/h5-8H,2-4H2,1H3,(H,13,14). The van der Waals surface area contributed by atoms with E-state index in [-0.39, 0.29) is 5.75 Å². The lowest BCUT2D eigenvalue weighted by Gasteiger charge is -2.05. The lowest BCUT2D eigenvalue weighted by Crippen LogP contribution is -2.29. The van der Waals surface area contributed by atoms with Crippen LogP contribution in [-0.4, -0.2) is 14.5 Å². The highest BCUT2D eigenvalue weighted by Crippen LogP contribution is 2.14. The third-order valence-electron chi connectivity index (χ3n) is 2.16. The number of amides is 1. The van der Waals surface area contributed by atoms with Gasteiger partial charge in [-0.25, -0.2) is 9.52 Å². The number of carbonyl (C=O) groups is 1. The van der Waals surface area contributed by atoms with Gasteiger partial charge in [0.1, 0.15) is 5.75 Å². The number of halogens is 1. The van der Waals surface area contributed by atoms with Crippen LogP contribution in [-0.2, 0) is 15.7 Å². The highest BCUT2D eigenvalue weighted by atomic mass is 35.7. The van der Waals surface area contributed by atoms with E-state index in [9.17, 15) is 13.2 Å². The molecule has 7 heteroatoms. The van der Waals surface area contributed by atoms with Gasteiger partial charge in [0.15, 0.2) is 0 Å². The Kier molecular flexibility index (Phi) is 5.43. The first-order chi connectivity index (χ1) is 8.40. The molecule has 100 valence electrons. The van der Waals surface area contributed by atoms with Gasteiger partial charge in [-0.2, -0.15) is 8.42 Å². The second-order valence-electron chi connectivity index (χ2n) is 3.68. The second-order valence-corrected chi connectivity index (χ2v) is 5.98. The van der Waals surface area contributed by atoms with Crippen molar-refractivity contribution in [3.63, 3.8) is 0 Å². The minimum atomic E-state index is -4.12. The molecule has 1 aromatic rings. The first-order valence-electron chi connectivity index (χ1n) is 5.44. The van der Waals surface area contributed by atoms with Crippen LogP contribution in [0, 0.1) is 0 Å². The zero-order chi connectivity index (χ0) is 13.6. The summed E-state index contributed by atoms with van der Waals surface area (Å²) in [4.78, 5) is 11.1. The number of rotatable bonds is 5. The van der Waals surface area contributed by atoms with Gasteiger partial charge in [-0.3, -0.25) is 0 Å². The molecule has 1 rings (SSSR count). The summed E-state index contributed by atoms with van der Waals surface area (Å²) in [5.41, 5.74) is 1.13. The number of hydrogen-bond donors (Lipinski definition) is 1. The summed E-state index contributed by atoms with van der Waals surface area (Å²) in [6.45, 7) is 2.11. The van der Waals surface area contributed by atoms with Gasteiger partial charge >= 0.3 is 15.3 Å². The zero-order valence-corrected chi connectivity index (χ0v) is 11.4. The van der Waals surface area contributed by atoms with E-state index in [1.54, 1.807) is 12.1 Å². The van der Waals surface area contributed by atoms with Gasteiger partial charge in [0.05, 0.1) is 0 Å². The van der Waals surface area contributed by atoms with E-state index in [1.165, 1.54) is 4.72 Å². The summed E-state index contributed by atoms with van der Waals surface area (Å²) >= 11 is 0. The van der Waals surface area contributed by atoms with Gasteiger partial charge in [0, 0.05) is 10.7 Å².